The third-order valence-electron chi connectivity index (χ3n) is 10.9. The van der Waals surface area contributed by atoms with Crippen LogP contribution in [0.3, 0.4) is 0 Å². The largest absolute Gasteiger partial charge is 0.462 e. The van der Waals surface area contributed by atoms with Crippen LogP contribution in [0.25, 0.3) is 0 Å². The summed E-state index contributed by atoms with van der Waals surface area (Å²) in [7, 11) is 1.57. The molecule has 0 aromatic carbocycles. The zero-order valence-corrected chi connectivity index (χ0v) is 21.0. The number of fused-ring (bicyclic) bond motifs is 2. The number of hydrogen-bond donors (Lipinski definition) is 3. The molecule has 13 atom stereocenters. The van der Waals surface area contributed by atoms with E-state index in [1.165, 1.54) is 13.8 Å². The number of piperidine rings is 1. The van der Waals surface area contributed by atoms with Gasteiger partial charge in [0.25, 0.3) is 0 Å². The van der Waals surface area contributed by atoms with Crippen molar-refractivity contribution in [1.29, 1.82) is 0 Å². The zero-order valence-electron chi connectivity index (χ0n) is 21.0. The number of carbonyl (C=O) groups excluding carboxylic acids is 2. The molecule has 3 N–H and O–H groups in total. The number of ether oxygens (including phenoxy) is 3. The van der Waals surface area contributed by atoms with Crippen molar-refractivity contribution in [2.45, 2.75) is 82.2 Å². The molecule has 4 saturated carbocycles. The van der Waals surface area contributed by atoms with Crippen LogP contribution in [0.1, 0.15) is 40.5 Å². The lowest BCUT2D eigenvalue weighted by Crippen LogP contribution is -2.81. The van der Waals surface area contributed by atoms with E-state index >= 15 is 0 Å². The summed E-state index contributed by atoms with van der Waals surface area (Å²) in [5.41, 5.74) is -5.03. The Morgan fingerprint density at radius 3 is 2.46 bits per heavy atom. The average molecular weight is 492 g/mol. The van der Waals surface area contributed by atoms with Gasteiger partial charge >= 0.3 is 11.9 Å². The van der Waals surface area contributed by atoms with Gasteiger partial charge in [0.1, 0.15) is 23.4 Å². The fraction of sp³-hybridized carbons (Fsp3) is 0.846. The standard InChI is InChI=1S/C26H37NO8/c1-6-27-11-23(4)8-7-17(30)25-15-9-14-16(33-5)10-24(31,18(15)19(14)34-12(2)28)26(32,22(25)27)21(20(23)25)35-13(3)29/h7-8,14-22,30-32H,6,9-11H2,1-5H3/t14-,15-,16+,17+,18-,19+,20-,21+,22+,23+,24-,25+,26+/m1/s1. The molecule has 1 spiro atoms. The summed E-state index contributed by atoms with van der Waals surface area (Å²) in [5, 5.41) is 37.5. The highest BCUT2D eigenvalue weighted by molar-refractivity contribution is 5.67. The third-order valence-corrected chi connectivity index (χ3v) is 10.9. The lowest BCUT2D eigenvalue weighted by Gasteiger charge is -2.68. The van der Waals surface area contributed by atoms with Gasteiger partial charge in [0.15, 0.2) is 0 Å². The average Bonchev–Trinajstić information content (AvgIpc) is 3.17. The fourth-order valence-corrected chi connectivity index (χ4v) is 10.3. The molecule has 6 aliphatic rings. The number of aliphatic hydroxyl groups excluding tert-OH is 1. The number of rotatable bonds is 4. The summed E-state index contributed by atoms with van der Waals surface area (Å²) < 4.78 is 17.7. The summed E-state index contributed by atoms with van der Waals surface area (Å²) in [4.78, 5) is 26.8. The van der Waals surface area contributed by atoms with Crippen molar-refractivity contribution in [1.82, 2.24) is 4.90 Å². The van der Waals surface area contributed by atoms with Crippen molar-refractivity contribution in [2.75, 3.05) is 20.2 Å². The van der Waals surface area contributed by atoms with E-state index in [0.717, 1.165) is 0 Å². The quantitative estimate of drug-likeness (QED) is 0.375. The minimum Gasteiger partial charge on any atom is -0.462 e. The van der Waals surface area contributed by atoms with E-state index in [2.05, 4.69) is 11.8 Å². The molecule has 35 heavy (non-hydrogen) atoms. The molecule has 0 aromatic rings. The van der Waals surface area contributed by atoms with E-state index in [-0.39, 0.29) is 18.3 Å². The highest BCUT2D eigenvalue weighted by Crippen LogP contribution is 2.79. The number of likely N-dealkylation sites (N-methyl/N-ethyl adjacent to an activating group) is 1. The van der Waals surface area contributed by atoms with Gasteiger partial charge in [-0.1, -0.05) is 26.0 Å². The summed E-state index contributed by atoms with van der Waals surface area (Å²) in [6, 6.07) is -0.638. The number of esters is 2. The predicted molar refractivity (Wildman–Crippen MR) is 122 cm³/mol. The maximum atomic E-state index is 12.9. The zero-order chi connectivity index (χ0) is 25.3. The van der Waals surface area contributed by atoms with Gasteiger partial charge < -0.3 is 29.5 Å². The van der Waals surface area contributed by atoms with Gasteiger partial charge in [0.05, 0.1) is 18.2 Å². The van der Waals surface area contributed by atoms with E-state index < -0.39 is 76.3 Å². The molecule has 194 valence electrons. The van der Waals surface area contributed by atoms with Gasteiger partial charge in [-0.05, 0) is 18.9 Å². The summed E-state index contributed by atoms with van der Waals surface area (Å²) in [6.07, 6.45) is 1.47. The van der Waals surface area contributed by atoms with Crippen molar-refractivity contribution in [3.63, 3.8) is 0 Å². The molecule has 9 nitrogen and oxygen atoms in total. The Kier molecular flexibility index (Phi) is 4.82. The third kappa shape index (κ3) is 2.43. The van der Waals surface area contributed by atoms with Crippen molar-refractivity contribution in [2.24, 2.45) is 34.5 Å². The minimum atomic E-state index is -1.89. The first kappa shape index (κ1) is 23.9. The topological polar surface area (TPSA) is 126 Å². The van der Waals surface area contributed by atoms with Crippen LogP contribution in [0.5, 0.6) is 0 Å². The first-order valence-electron chi connectivity index (χ1n) is 12.8. The Hall–Kier alpha value is -1.52. The van der Waals surface area contributed by atoms with Crippen LogP contribution in [0, 0.1) is 34.5 Å². The van der Waals surface area contributed by atoms with E-state index in [0.29, 0.717) is 19.5 Å². The van der Waals surface area contributed by atoms with E-state index in [1.54, 1.807) is 7.11 Å². The van der Waals surface area contributed by atoms with Crippen molar-refractivity contribution in [3.8, 4) is 0 Å². The maximum absolute atomic E-state index is 12.9. The number of methoxy groups -OCH3 is 1. The van der Waals surface area contributed by atoms with E-state index in [9.17, 15) is 24.9 Å². The van der Waals surface area contributed by atoms with Crippen molar-refractivity contribution >= 4 is 11.9 Å². The molecule has 9 heteroatoms. The molecule has 0 radical (unpaired) electrons. The molecular formula is C26H37NO8. The molecule has 6 rings (SSSR count). The molecule has 7 bridgehead atoms. The number of nitrogens with zero attached hydrogens (tertiary/aromatic N) is 1. The Morgan fingerprint density at radius 1 is 1.17 bits per heavy atom. The van der Waals surface area contributed by atoms with Crippen LogP contribution in [-0.2, 0) is 23.8 Å². The molecular weight excluding hydrogens is 454 g/mol. The van der Waals surface area contributed by atoms with Gasteiger partial charge in [0.2, 0.25) is 0 Å². The Labute approximate surface area is 205 Å². The smallest absolute Gasteiger partial charge is 0.303 e. The second kappa shape index (κ2) is 7.07. The van der Waals surface area contributed by atoms with Crippen LogP contribution in [0.4, 0.5) is 0 Å². The monoisotopic (exact) mass is 491 g/mol. The number of carbonyl (C=O) groups is 2. The second-order valence-corrected chi connectivity index (χ2v) is 12.1. The lowest BCUT2D eigenvalue weighted by molar-refractivity contribution is -0.309. The first-order valence-corrected chi connectivity index (χ1v) is 12.8. The molecule has 0 amide bonds. The summed E-state index contributed by atoms with van der Waals surface area (Å²) >= 11 is 0. The van der Waals surface area contributed by atoms with E-state index in [4.69, 9.17) is 14.2 Å². The predicted octanol–water partition coefficient (Wildman–Crippen LogP) is 0.254. The number of hydrogen-bond acceptors (Lipinski definition) is 9. The van der Waals surface area contributed by atoms with E-state index in [1.807, 2.05) is 19.1 Å². The summed E-state index contributed by atoms with van der Waals surface area (Å²) in [6.45, 7) is 7.98. The molecule has 0 aromatic heterocycles. The highest BCUT2D eigenvalue weighted by Gasteiger charge is 2.91. The highest BCUT2D eigenvalue weighted by atomic mass is 16.6. The lowest BCUT2D eigenvalue weighted by atomic mass is 9.44. The van der Waals surface area contributed by atoms with Gasteiger partial charge in [-0.3, -0.25) is 14.5 Å². The minimum absolute atomic E-state index is 0.137. The normalized spacial score (nSPS) is 57.2. The van der Waals surface area contributed by atoms with Gasteiger partial charge in [0, 0.05) is 62.5 Å². The molecule has 5 fully saturated rings. The number of aliphatic hydroxyl groups is 3. The van der Waals surface area contributed by atoms with Gasteiger partial charge in [-0.15, -0.1) is 0 Å². The number of likely N-dealkylation sites (tertiary alicyclic amines) is 1. The fourth-order valence-electron chi connectivity index (χ4n) is 10.3. The van der Waals surface area contributed by atoms with Crippen LogP contribution >= 0.6 is 0 Å². The van der Waals surface area contributed by atoms with Crippen LogP contribution in [0.15, 0.2) is 12.2 Å². The van der Waals surface area contributed by atoms with Crippen molar-refractivity contribution in [3.05, 3.63) is 12.2 Å². The summed E-state index contributed by atoms with van der Waals surface area (Å²) in [5.74, 6) is -2.45. The molecule has 1 heterocycles. The Balaban J connectivity index is 1.67. The van der Waals surface area contributed by atoms with Crippen LogP contribution < -0.4 is 0 Å². The van der Waals surface area contributed by atoms with Gasteiger partial charge in [-0.2, -0.15) is 0 Å². The maximum Gasteiger partial charge on any atom is 0.303 e. The SMILES string of the molecule is CCN1C[C@]2(C)C=C[C@H](O)[C@@]34[C@@H]5C[C@H]6[C@H](OC(C)=O)[C@@H]5[C@](O)(C[C@@H]6OC)[C@](O)([C@@H](OC(C)=O)[C@@H]32)[C@@H]14. The van der Waals surface area contributed by atoms with Crippen LogP contribution in [0.2, 0.25) is 0 Å². The second-order valence-electron chi connectivity index (χ2n) is 12.1. The van der Waals surface area contributed by atoms with Crippen molar-refractivity contribution < 1.29 is 39.1 Å². The Bertz CT molecular complexity index is 1000. The first-order chi connectivity index (χ1) is 16.4. The Morgan fingerprint density at radius 2 is 1.86 bits per heavy atom. The molecule has 1 saturated heterocycles. The van der Waals surface area contributed by atoms with Gasteiger partial charge in [-0.25, -0.2) is 0 Å². The van der Waals surface area contributed by atoms with Crippen LogP contribution in [-0.4, -0.2) is 94.0 Å². The molecule has 1 aliphatic heterocycles. The molecule has 0 unspecified atom stereocenters. The molecule has 5 aliphatic carbocycles.